The minimum atomic E-state index is -4.39. The molecule has 47 heavy (non-hydrogen) atoms. The van der Waals surface area contributed by atoms with Gasteiger partial charge in [0.25, 0.3) is 0 Å². The maximum Gasteiger partial charge on any atom is 0.416 e. The van der Waals surface area contributed by atoms with E-state index in [9.17, 15) is 32.3 Å². The molecule has 0 bridgehead atoms. The number of benzene rings is 4. The fourth-order valence-corrected chi connectivity index (χ4v) is 5.58. The fourth-order valence-electron chi connectivity index (χ4n) is 5.58. The van der Waals surface area contributed by atoms with Crippen LogP contribution in [0.1, 0.15) is 77.6 Å². The highest BCUT2D eigenvalue weighted by atomic mass is 19.4. The van der Waals surface area contributed by atoms with Gasteiger partial charge in [0, 0.05) is 6.42 Å². The van der Waals surface area contributed by atoms with Crippen LogP contribution in [0.5, 0.6) is 5.75 Å². The first kappa shape index (κ1) is 35.2. The Kier molecular flexibility index (Phi) is 12.6. The summed E-state index contributed by atoms with van der Waals surface area (Å²) in [7, 11) is 0. The largest absolute Gasteiger partial charge is 0.489 e. The number of aryl methyl sites for hydroxylation is 1. The zero-order valence-electron chi connectivity index (χ0n) is 25.9. The van der Waals surface area contributed by atoms with Gasteiger partial charge in [0.15, 0.2) is 0 Å². The lowest BCUT2D eigenvalue weighted by molar-refractivity contribution is -0.138. The van der Waals surface area contributed by atoms with Crippen molar-refractivity contribution in [3.63, 3.8) is 0 Å². The monoisotopic (exact) mass is 650 g/mol. The summed E-state index contributed by atoms with van der Waals surface area (Å²) in [5.74, 6) is -1.35. The average molecular weight is 651 g/mol. The number of hydrogen-bond acceptors (Lipinski definition) is 3. The molecule has 248 valence electrons. The van der Waals surface area contributed by atoms with Crippen LogP contribution in [0.25, 0.3) is 11.1 Å². The minimum Gasteiger partial charge on any atom is -0.489 e. The van der Waals surface area contributed by atoms with E-state index in [1.807, 2.05) is 36.4 Å². The lowest BCUT2D eigenvalue weighted by Gasteiger charge is -2.19. The van der Waals surface area contributed by atoms with Gasteiger partial charge in [-0.3, -0.25) is 4.79 Å². The van der Waals surface area contributed by atoms with Crippen LogP contribution in [0.2, 0.25) is 0 Å². The molecule has 0 aromatic heterocycles. The molecule has 0 spiro atoms. The Morgan fingerprint density at radius 3 is 1.96 bits per heavy atom. The van der Waals surface area contributed by atoms with E-state index in [1.165, 1.54) is 24.3 Å². The third-order valence-electron chi connectivity index (χ3n) is 8.22. The molecular formula is C38H38F4O5. The van der Waals surface area contributed by atoms with Gasteiger partial charge in [-0.2, -0.15) is 13.2 Å². The number of ether oxygens (including phenoxy) is 1. The van der Waals surface area contributed by atoms with E-state index in [0.29, 0.717) is 24.2 Å². The van der Waals surface area contributed by atoms with Crippen LogP contribution in [-0.4, -0.2) is 22.2 Å². The number of aromatic carboxylic acids is 1. The Balaban J connectivity index is 1.38. The van der Waals surface area contributed by atoms with E-state index in [2.05, 4.69) is 0 Å². The van der Waals surface area contributed by atoms with Gasteiger partial charge in [0.2, 0.25) is 0 Å². The van der Waals surface area contributed by atoms with Crippen LogP contribution in [0.15, 0.2) is 91.0 Å². The molecule has 5 nitrogen and oxygen atoms in total. The quantitative estimate of drug-likeness (QED) is 0.0878. The SMILES string of the molecule is O=C(O)CCCCCCC(CCc1cc(F)ccc1OCc1ccc(-c2ccc(C(F)(F)F)cc2)cc1)Cc1ccc(C(=O)O)cc1. The molecule has 9 heteroatoms. The van der Waals surface area contributed by atoms with Crippen LogP contribution in [-0.2, 0) is 30.4 Å². The van der Waals surface area contributed by atoms with Gasteiger partial charge in [-0.1, -0.05) is 74.2 Å². The second kappa shape index (κ2) is 16.8. The minimum absolute atomic E-state index is 0.158. The van der Waals surface area contributed by atoms with Gasteiger partial charge in [0.05, 0.1) is 11.1 Å². The summed E-state index contributed by atoms with van der Waals surface area (Å²) in [4.78, 5) is 22.1. The first-order chi connectivity index (χ1) is 22.5. The number of carboxylic acid groups (broad SMARTS) is 2. The number of hydrogen-bond donors (Lipinski definition) is 2. The van der Waals surface area contributed by atoms with Gasteiger partial charge in [-0.05, 0) is 102 Å². The maximum absolute atomic E-state index is 14.4. The lowest BCUT2D eigenvalue weighted by atomic mass is 9.88. The van der Waals surface area contributed by atoms with E-state index < -0.39 is 23.7 Å². The van der Waals surface area contributed by atoms with Crippen LogP contribution >= 0.6 is 0 Å². The van der Waals surface area contributed by atoms with Gasteiger partial charge >= 0.3 is 18.1 Å². The average Bonchev–Trinajstić information content (AvgIpc) is 3.04. The topological polar surface area (TPSA) is 83.8 Å². The van der Waals surface area contributed by atoms with E-state index in [-0.39, 0.29) is 30.3 Å². The number of carboxylic acids is 2. The first-order valence-corrected chi connectivity index (χ1v) is 15.7. The van der Waals surface area contributed by atoms with Gasteiger partial charge in [-0.15, -0.1) is 0 Å². The Morgan fingerprint density at radius 1 is 0.723 bits per heavy atom. The van der Waals surface area contributed by atoms with Crippen molar-refractivity contribution in [3.8, 4) is 16.9 Å². The normalized spacial score (nSPS) is 12.1. The van der Waals surface area contributed by atoms with Crippen molar-refractivity contribution in [2.24, 2.45) is 5.92 Å². The van der Waals surface area contributed by atoms with Gasteiger partial charge in [-0.25, -0.2) is 9.18 Å². The third kappa shape index (κ3) is 11.3. The second-order valence-electron chi connectivity index (χ2n) is 11.8. The first-order valence-electron chi connectivity index (χ1n) is 15.7. The Hall–Kier alpha value is -4.66. The highest BCUT2D eigenvalue weighted by Crippen LogP contribution is 2.31. The smallest absolute Gasteiger partial charge is 0.416 e. The second-order valence-corrected chi connectivity index (χ2v) is 11.8. The number of carbonyl (C=O) groups is 2. The molecule has 2 N–H and O–H groups in total. The molecule has 0 aliphatic carbocycles. The van der Waals surface area contributed by atoms with E-state index >= 15 is 0 Å². The maximum atomic E-state index is 14.4. The highest BCUT2D eigenvalue weighted by Gasteiger charge is 2.30. The van der Waals surface area contributed by atoms with Crippen molar-refractivity contribution >= 4 is 11.9 Å². The molecule has 4 rings (SSSR count). The summed E-state index contributed by atoms with van der Waals surface area (Å²) in [5, 5.41) is 18.1. The zero-order chi connectivity index (χ0) is 33.8. The van der Waals surface area contributed by atoms with Crippen molar-refractivity contribution in [2.45, 2.75) is 70.6 Å². The van der Waals surface area contributed by atoms with Gasteiger partial charge in [0.1, 0.15) is 18.2 Å². The molecule has 0 heterocycles. The highest BCUT2D eigenvalue weighted by molar-refractivity contribution is 5.87. The predicted molar refractivity (Wildman–Crippen MR) is 172 cm³/mol. The predicted octanol–water partition coefficient (Wildman–Crippen LogP) is 10.0. The summed E-state index contributed by atoms with van der Waals surface area (Å²) in [6.07, 6.45) is 2.01. The molecular weight excluding hydrogens is 612 g/mol. The molecule has 1 atom stereocenters. The molecule has 0 aliphatic heterocycles. The fraction of sp³-hybridized carbons (Fsp3) is 0.316. The molecule has 1 unspecified atom stereocenters. The molecule has 4 aromatic carbocycles. The number of rotatable bonds is 17. The standard InChI is InChI=1S/C38H38F4O5/c39-34-21-22-35(47-25-28-10-12-29(13-11-28)30-17-19-33(20-18-30)38(40,41)42)32(24-34)16-9-26(5-3-1-2-4-6-36(43)44)23-27-7-14-31(15-8-27)37(45)46/h7-8,10-15,17-22,24,26H,1-6,9,16,23,25H2,(H,43,44)(H,45,46). The van der Waals surface area contributed by atoms with Crippen molar-refractivity contribution in [2.75, 3.05) is 0 Å². The molecule has 0 fully saturated rings. The Labute approximate surface area is 271 Å². The summed E-state index contributed by atoms with van der Waals surface area (Å²) in [6, 6.07) is 23.6. The van der Waals surface area contributed by atoms with Gasteiger partial charge < -0.3 is 14.9 Å². The molecule has 0 saturated heterocycles. The van der Waals surface area contributed by atoms with E-state index in [0.717, 1.165) is 72.9 Å². The van der Waals surface area contributed by atoms with Crippen molar-refractivity contribution < 1.29 is 42.1 Å². The number of unbranched alkanes of at least 4 members (excludes halogenated alkanes) is 3. The van der Waals surface area contributed by atoms with E-state index in [1.54, 1.807) is 18.2 Å². The molecule has 0 saturated carbocycles. The van der Waals surface area contributed by atoms with Crippen molar-refractivity contribution in [3.05, 3.63) is 125 Å². The van der Waals surface area contributed by atoms with Crippen LogP contribution in [0, 0.1) is 11.7 Å². The summed E-state index contributed by atoms with van der Waals surface area (Å²) in [5.41, 5.74) is 3.56. The van der Waals surface area contributed by atoms with Crippen molar-refractivity contribution in [1.29, 1.82) is 0 Å². The number of halogens is 4. The Bertz CT molecular complexity index is 1600. The van der Waals surface area contributed by atoms with E-state index in [4.69, 9.17) is 9.84 Å². The number of aliphatic carboxylic acids is 1. The third-order valence-corrected chi connectivity index (χ3v) is 8.22. The Morgan fingerprint density at radius 2 is 1.34 bits per heavy atom. The summed E-state index contributed by atoms with van der Waals surface area (Å²) >= 11 is 0. The summed E-state index contributed by atoms with van der Waals surface area (Å²) < 4.78 is 59.2. The molecule has 0 aliphatic rings. The van der Waals surface area contributed by atoms with Crippen LogP contribution in [0.3, 0.4) is 0 Å². The van der Waals surface area contributed by atoms with Crippen molar-refractivity contribution in [1.82, 2.24) is 0 Å². The lowest BCUT2D eigenvalue weighted by Crippen LogP contribution is -2.08. The molecule has 0 amide bonds. The number of alkyl halides is 3. The molecule has 4 aromatic rings. The summed E-state index contributed by atoms with van der Waals surface area (Å²) in [6.45, 7) is 0.224. The zero-order valence-corrected chi connectivity index (χ0v) is 25.9. The van der Waals surface area contributed by atoms with Crippen LogP contribution in [0.4, 0.5) is 17.6 Å². The van der Waals surface area contributed by atoms with Crippen LogP contribution < -0.4 is 4.74 Å². The molecule has 0 radical (unpaired) electrons.